The average Bonchev–Trinajstić information content (AvgIpc) is 2.65. The van der Waals surface area contributed by atoms with Crippen LogP contribution in [0, 0.1) is 0 Å². The van der Waals surface area contributed by atoms with Crippen molar-refractivity contribution >= 4 is 24.8 Å². The van der Waals surface area contributed by atoms with Gasteiger partial charge in [0.25, 0.3) is 0 Å². The summed E-state index contributed by atoms with van der Waals surface area (Å²) >= 11 is 0. The number of hydrogen-bond acceptors (Lipinski definition) is 7. The van der Waals surface area contributed by atoms with E-state index in [-0.39, 0.29) is 5.75 Å². The van der Waals surface area contributed by atoms with Crippen LogP contribution in [0.5, 0.6) is 17.2 Å². The molecule has 2 aromatic carbocycles. The highest BCUT2D eigenvalue weighted by atomic mass is 31.1. The Hall–Kier alpha value is -2.89. The molecule has 7 nitrogen and oxygen atoms in total. The fraction of sp³-hybridized carbons (Fsp3) is 0.167. The van der Waals surface area contributed by atoms with Gasteiger partial charge in [-0.1, -0.05) is 12.1 Å². The van der Waals surface area contributed by atoms with Gasteiger partial charge in [0.1, 0.15) is 0 Å². The molecule has 0 spiro atoms. The maximum Gasteiger partial charge on any atom is 0.539 e. The van der Waals surface area contributed by atoms with E-state index in [4.69, 9.17) is 9.47 Å². The van der Waals surface area contributed by atoms with Gasteiger partial charge in [-0.25, -0.2) is 0 Å². The molecule has 26 heavy (non-hydrogen) atoms. The van der Waals surface area contributed by atoms with Crippen LogP contribution in [-0.2, 0) is 11.1 Å². The summed E-state index contributed by atoms with van der Waals surface area (Å²) in [7, 11) is 0.271. The molecule has 3 rings (SSSR count). The van der Waals surface area contributed by atoms with Crippen LogP contribution in [0.15, 0.2) is 48.7 Å². The Morgan fingerprint density at radius 2 is 1.77 bits per heavy atom. The van der Waals surface area contributed by atoms with Crippen LogP contribution in [-0.4, -0.2) is 19.2 Å². The van der Waals surface area contributed by atoms with Crippen molar-refractivity contribution in [1.82, 2.24) is 4.98 Å². The smallest absolute Gasteiger partial charge is 0.539 e. The number of rotatable bonds is 7. The summed E-state index contributed by atoms with van der Waals surface area (Å²) in [5.74, 6) is 1.54. The van der Waals surface area contributed by atoms with Gasteiger partial charge in [0.05, 0.1) is 19.7 Å². The molecule has 0 bridgehead atoms. The maximum atomic E-state index is 10.6. The lowest BCUT2D eigenvalue weighted by atomic mass is 10.1. The average molecular weight is 372 g/mol. The van der Waals surface area contributed by atoms with E-state index in [1.807, 2.05) is 18.2 Å². The molecule has 0 aliphatic rings. The number of nitrogens with zero attached hydrogens (tertiary/aromatic N) is 1. The molecule has 1 N–H and O–H groups in total. The van der Waals surface area contributed by atoms with E-state index in [1.54, 1.807) is 44.7 Å². The third-order valence-electron chi connectivity index (χ3n) is 3.83. The Kier molecular flexibility index (Phi) is 5.51. The predicted molar refractivity (Wildman–Crippen MR) is 96.9 cm³/mol. The number of fused-ring (bicyclic) bond motifs is 1. The van der Waals surface area contributed by atoms with Crippen molar-refractivity contribution in [3.63, 3.8) is 0 Å². The highest BCUT2D eigenvalue weighted by Crippen LogP contribution is 2.34. The Morgan fingerprint density at radius 1 is 1.08 bits per heavy atom. The van der Waals surface area contributed by atoms with Gasteiger partial charge in [0, 0.05) is 29.9 Å². The lowest BCUT2D eigenvalue weighted by Crippen LogP contribution is -2.01. The van der Waals surface area contributed by atoms with E-state index < -0.39 is 8.25 Å². The van der Waals surface area contributed by atoms with Crippen LogP contribution in [0.25, 0.3) is 10.9 Å². The molecule has 1 unspecified atom stereocenters. The molecule has 0 saturated carbocycles. The van der Waals surface area contributed by atoms with Gasteiger partial charge >= 0.3 is 8.25 Å². The van der Waals surface area contributed by atoms with Crippen LogP contribution in [0.4, 0.5) is 5.69 Å². The summed E-state index contributed by atoms with van der Waals surface area (Å²) in [6.07, 6.45) is 1.72. The Balaban J connectivity index is 1.81. The van der Waals surface area contributed by atoms with Gasteiger partial charge in [-0.15, -0.1) is 0 Å². The number of aromatic nitrogens is 1. The van der Waals surface area contributed by atoms with Gasteiger partial charge < -0.3 is 19.7 Å². The number of anilines is 1. The van der Waals surface area contributed by atoms with Crippen LogP contribution in [0.2, 0.25) is 0 Å². The van der Waals surface area contributed by atoms with Gasteiger partial charge in [-0.3, -0.25) is 9.51 Å². The number of methoxy groups -OCH3 is 2. The standard InChI is InChI=1S/C18H17N2O5P/c1-23-17-9-14-15(7-8-19-16(14)10-18(17)24-2)20-11-12-3-5-13(6-4-12)25-26(21)22/h3-10H,11H2,1-2H3,(H,19,20). The van der Waals surface area contributed by atoms with Gasteiger partial charge in [-0.05, 0) is 34.4 Å². The summed E-state index contributed by atoms with van der Waals surface area (Å²) in [4.78, 5) is 14.9. The van der Waals surface area contributed by atoms with E-state index in [1.165, 1.54) is 0 Å². The maximum absolute atomic E-state index is 10.6. The normalized spacial score (nSPS) is 11.1. The van der Waals surface area contributed by atoms with Crippen molar-refractivity contribution in [1.29, 1.82) is 0 Å². The number of nitrogens with one attached hydrogen (secondary N) is 1. The molecule has 0 saturated heterocycles. The molecule has 3 aromatic rings. The molecule has 1 aromatic heterocycles. The molecular weight excluding hydrogens is 355 g/mol. The number of benzene rings is 2. The first kappa shape index (κ1) is 17.9. The molecule has 0 amide bonds. The van der Waals surface area contributed by atoms with Crippen LogP contribution >= 0.6 is 8.25 Å². The Morgan fingerprint density at radius 3 is 2.42 bits per heavy atom. The largest absolute Gasteiger partial charge is 0.558 e. The zero-order valence-electron chi connectivity index (χ0n) is 14.3. The third kappa shape index (κ3) is 4.02. The highest BCUT2D eigenvalue weighted by Gasteiger charge is 2.10. The first-order valence-corrected chi connectivity index (χ1v) is 8.86. The van der Waals surface area contributed by atoms with Gasteiger partial charge in [0.2, 0.25) is 0 Å². The molecule has 0 aliphatic heterocycles. The molecule has 0 radical (unpaired) electrons. The SMILES string of the molecule is COc1cc2nccc(NCc3ccc(O[P+](=O)[O-])cc3)c2cc1OC. The van der Waals surface area contributed by atoms with E-state index in [0.717, 1.165) is 22.2 Å². The van der Waals surface area contributed by atoms with Crippen molar-refractivity contribution in [3.05, 3.63) is 54.2 Å². The fourth-order valence-corrected chi connectivity index (χ4v) is 2.87. The second-order valence-electron chi connectivity index (χ2n) is 5.40. The first-order chi connectivity index (χ1) is 12.6. The summed E-state index contributed by atoms with van der Waals surface area (Å²) in [5, 5.41) is 4.27. The van der Waals surface area contributed by atoms with Crippen molar-refractivity contribution in [3.8, 4) is 17.2 Å². The van der Waals surface area contributed by atoms with E-state index in [2.05, 4.69) is 14.8 Å². The lowest BCUT2D eigenvalue weighted by Gasteiger charge is -2.13. The Bertz CT molecular complexity index is 931. The molecular formula is C18H17N2O5P. The van der Waals surface area contributed by atoms with E-state index in [0.29, 0.717) is 18.0 Å². The van der Waals surface area contributed by atoms with Crippen molar-refractivity contribution in [2.24, 2.45) is 0 Å². The summed E-state index contributed by atoms with van der Waals surface area (Å²) in [5.41, 5.74) is 2.67. The van der Waals surface area contributed by atoms with Crippen molar-refractivity contribution < 1.29 is 23.5 Å². The van der Waals surface area contributed by atoms with Crippen LogP contribution < -0.4 is 24.2 Å². The topological polar surface area (TPSA) is 92.7 Å². The predicted octanol–water partition coefficient (Wildman–Crippen LogP) is 3.26. The lowest BCUT2D eigenvalue weighted by molar-refractivity contribution is -0.178. The summed E-state index contributed by atoms with van der Waals surface area (Å²) in [6.45, 7) is 0.553. The van der Waals surface area contributed by atoms with Crippen molar-refractivity contribution in [2.75, 3.05) is 19.5 Å². The highest BCUT2D eigenvalue weighted by molar-refractivity contribution is 7.31. The molecule has 1 atom stereocenters. The summed E-state index contributed by atoms with van der Waals surface area (Å²) < 4.78 is 25.9. The second-order valence-corrected chi connectivity index (χ2v) is 6.03. The van der Waals surface area contributed by atoms with E-state index in [9.17, 15) is 9.46 Å². The zero-order valence-corrected chi connectivity index (χ0v) is 15.2. The van der Waals surface area contributed by atoms with Crippen LogP contribution in [0.3, 0.4) is 0 Å². The molecule has 134 valence electrons. The number of ether oxygens (including phenoxy) is 2. The van der Waals surface area contributed by atoms with Crippen LogP contribution in [0.1, 0.15) is 5.56 Å². The second kappa shape index (κ2) is 7.99. The molecule has 1 heterocycles. The Labute approximate surface area is 151 Å². The number of pyridine rings is 1. The monoisotopic (exact) mass is 372 g/mol. The molecule has 0 aliphatic carbocycles. The first-order valence-electron chi connectivity index (χ1n) is 7.76. The van der Waals surface area contributed by atoms with Gasteiger partial charge in [0.15, 0.2) is 17.2 Å². The minimum absolute atomic E-state index is 0.288. The molecule has 0 fully saturated rings. The minimum atomic E-state index is -2.90. The van der Waals surface area contributed by atoms with Gasteiger partial charge in [-0.2, -0.15) is 0 Å². The minimum Gasteiger partial charge on any atom is -0.558 e. The van der Waals surface area contributed by atoms with Crippen molar-refractivity contribution in [2.45, 2.75) is 6.54 Å². The quantitative estimate of drug-likeness (QED) is 0.636. The zero-order chi connectivity index (χ0) is 18.5. The fourth-order valence-electron chi connectivity index (χ4n) is 2.58. The molecule has 8 heteroatoms. The van der Waals surface area contributed by atoms with E-state index >= 15 is 0 Å². The summed E-state index contributed by atoms with van der Waals surface area (Å²) in [6, 6.07) is 12.4. The number of hydrogen-bond donors (Lipinski definition) is 1. The third-order valence-corrected chi connectivity index (χ3v) is 4.19.